The van der Waals surface area contributed by atoms with E-state index in [0.717, 1.165) is 31.5 Å². The number of ether oxygens (including phenoxy) is 1. The van der Waals surface area contributed by atoms with Crippen molar-refractivity contribution < 1.29 is 4.74 Å². The molecule has 0 radical (unpaired) electrons. The number of hydrogen-bond acceptors (Lipinski definition) is 2. The molecule has 108 valence electrons. The van der Waals surface area contributed by atoms with Crippen LogP contribution in [-0.4, -0.2) is 25.8 Å². The molecule has 2 unspecified atom stereocenters. The van der Waals surface area contributed by atoms with E-state index in [1.165, 1.54) is 25.7 Å². The van der Waals surface area contributed by atoms with Crippen LogP contribution in [0.25, 0.3) is 0 Å². The quantitative estimate of drug-likeness (QED) is 0.746. The standard InChI is InChI=1S/C16H33NO/c1-13(2)10-17-11-16(4,5)12-18-15-8-6-7-14(3)9-15/h13-15,17H,6-12H2,1-5H3. The third-order valence-corrected chi connectivity index (χ3v) is 3.75. The minimum Gasteiger partial charge on any atom is -0.378 e. The lowest BCUT2D eigenvalue weighted by Crippen LogP contribution is -2.36. The normalized spacial score (nSPS) is 25.7. The smallest absolute Gasteiger partial charge is 0.0578 e. The predicted molar refractivity (Wildman–Crippen MR) is 78.9 cm³/mol. The van der Waals surface area contributed by atoms with E-state index in [2.05, 4.69) is 39.9 Å². The molecular formula is C16H33NO. The molecule has 1 fully saturated rings. The van der Waals surface area contributed by atoms with Crippen molar-refractivity contribution in [1.29, 1.82) is 0 Å². The van der Waals surface area contributed by atoms with Gasteiger partial charge < -0.3 is 10.1 Å². The molecule has 0 saturated heterocycles. The van der Waals surface area contributed by atoms with Crippen molar-refractivity contribution in [3.63, 3.8) is 0 Å². The second kappa shape index (κ2) is 7.49. The van der Waals surface area contributed by atoms with Crippen molar-refractivity contribution in [2.24, 2.45) is 17.3 Å². The van der Waals surface area contributed by atoms with E-state index < -0.39 is 0 Å². The largest absolute Gasteiger partial charge is 0.378 e. The number of rotatable bonds is 7. The Kier molecular flexibility index (Phi) is 6.65. The molecule has 1 aliphatic rings. The van der Waals surface area contributed by atoms with Gasteiger partial charge in [0.05, 0.1) is 12.7 Å². The summed E-state index contributed by atoms with van der Waals surface area (Å²) in [5.41, 5.74) is 0.246. The Morgan fingerprint density at radius 1 is 1.28 bits per heavy atom. The first kappa shape index (κ1) is 16.0. The molecule has 0 heterocycles. The van der Waals surface area contributed by atoms with Crippen molar-refractivity contribution in [2.45, 2.75) is 66.4 Å². The van der Waals surface area contributed by atoms with Crippen LogP contribution < -0.4 is 5.32 Å². The van der Waals surface area contributed by atoms with Crippen LogP contribution >= 0.6 is 0 Å². The Bertz CT molecular complexity index is 225. The van der Waals surface area contributed by atoms with Crippen LogP contribution in [0.4, 0.5) is 0 Å². The Hall–Kier alpha value is -0.0800. The molecule has 0 aromatic carbocycles. The summed E-state index contributed by atoms with van der Waals surface area (Å²) >= 11 is 0. The van der Waals surface area contributed by atoms with Gasteiger partial charge in [-0.05, 0) is 31.2 Å². The molecule has 0 aliphatic heterocycles. The number of hydrogen-bond donors (Lipinski definition) is 1. The summed E-state index contributed by atoms with van der Waals surface area (Å²) in [6.07, 6.45) is 5.77. The van der Waals surface area contributed by atoms with E-state index in [4.69, 9.17) is 4.74 Å². The summed E-state index contributed by atoms with van der Waals surface area (Å²) in [6.45, 7) is 14.5. The van der Waals surface area contributed by atoms with Gasteiger partial charge in [0, 0.05) is 12.0 Å². The van der Waals surface area contributed by atoms with Crippen molar-refractivity contribution >= 4 is 0 Å². The highest BCUT2D eigenvalue weighted by atomic mass is 16.5. The third kappa shape index (κ3) is 6.75. The first-order chi connectivity index (χ1) is 8.39. The average molecular weight is 255 g/mol. The first-order valence-corrected chi connectivity index (χ1v) is 7.71. The molecule has 1 rings (SSSR count). The zero-order valence-electron chi connectivity index (χ0n) is 13.1. The Morgan fingerprint density at radius 2 is 2.00 bits per heavy atom. The summed E-state index contributed by atoms with van der Waals surface area (Å²) in [7, 11) is 0. The average Bonchev–Trinajstić information content (AvgIpc) is 2.26. The van der Waals surface area contributed by atoms with Crippen molar-refractivity contribution in [2.75, 3.05) is 19.7 Å². The highest BCUT2D eigenvalue weighted by molar-refractivity contribution is 4.75. The van der Waals surface area contributed by atoms with Gasteiger partial charge in [0.25, 0.3) is 0 Å². The lowest BCUT2D eigenvalue weighted by molar-refractivity contribution is -0.0235. The van der Waals surface area contributed by atoms with E-state index in [1.54, 1.807) is 0 Å². The maximum atomic E-state index is 6.14. The second-order valence-corrected chi connectivity index (χ2v) is 7.39. The molecule has 0 aromatic heterocycles. The summed E-state index contributed by atoms with van der Waals surface area (Å²) < 4.78 is 6.14. The molecule has 1 saturated carbocycles. The number of nitrogens with one attached hydrogen (secondary N) is 1. The molecule has 2 nitrogen and oxygen atoms in total. The van der Waals surface area contributed by atoms with Gasteiger partial charge in [0.1, 0.15) is 0 Å². The Morgan fingerprint density at radius 3 is 2.61 bits per heavy atom. The highest BCUT2D eigenvalue weighted by Crippen LogP contribution is 2.27. The van der Waals surface area contributed by atoms with Crippen molar-refractivity contribution in [3.05, 3.63) is 0 Å². The maximum Gasteiger partial charge on any atom is 0.0578 e. The molecule has 1 aliphatic carbocycles. The third-order valence-electron chi connectivity index (χ3n) is 3.75. The zero-order chi connectivity index (χ0) is 13.6. The summed E-state index contributed by atoms with van der Waals surface area (Å²) in [5.74, 6) is 1.58. The van der Waals surface area contributed by atoms with Crippen LogP contribution in [0.1, 0.15) is 60.3 Å². The summed E-state index contributed by atoms with van der Waals surface area (Å²) in [4.78, 5) is 0. The fraction of sp³-hybridized carbons (Fsp3) is 1.00. The van der Waals surface area contributed by atoms with Gasteiger partial charge in [-0.2, -0.15) is 0 Å². The van der Waals surface area contributed by atoms with E-state index >= 15 is 0 Å². The van der Waals surface area contributed by atoms with Crippen LogP contribution in [0, 0.1) is 17.3 Å². The second-order valence-electron chi connectivity index (χ2n) is 7.39. The predicted octanol–water partition coefficient (Wildman–Crippen LogP) is 3.85. The van der Waals surface area contributed by atoms with Gasteiger partial charge in [-0.25, -0.2) is 0 Å². The molecule has 0 amide bonds. The van der Waals surface area contributed by atoms with Gasteiger partial charge in [0.15, 0.2) is 0 Å². The van der Waals surface area contributed by atoms with Gasteiger partial charge in [-0.1, -0.05) is 47.5 Å². The van der Waals surface area contributed by atoms with Crippen LogP contribution in [0.15, 0.2) is 0 Å². The first-order valence-electron chi connectivity index (χ1n) is 7.71. The molecule has 2 heteroatoms. The van der Waals surface area contributed by atoms with Crippen LogP contribution in [0.3, 0.4) is 0 Å². The van der Waals surface area contributed by atoms with Crippen molar-refractivity contribution in [3.8, 4) is 0 Å². The fourth-order valence-electron chi connectivity index (χ4n) is 2.62. The highest BCUT2D eigenvalue weighted by Gasteiger charge is 2.23. The summed E-state index contributed by atoms with van der Waals surface area (Å²) in [6, 6.07) is 0. The molecule has 1 N–H and O–H groups in total. The fourth-order valence-corrected chi connectivity index (χ4v) is 2.62. The van der Waals surface area contributed by atoms with Gasteiger partial charge in [-0.3, -0.25) is 0 Å². The topological polar surface area (TPSA) is 21.3 Å². The minimum absolute atomic E-state index is 0.246. The SMILES string of the molecule is CC(C)CNCC(C)(C)COC1CCCC(C)C1. The van der Waals surface area contributed by atoms with Crippen LogP contribution in [0.5, 0.6) is 0 Å². The van der Waals surface area contributed by atoms with E-state index in [1.807, 2.05) is 0 Å². The monoisotopic (exact) mass is 255 g/mol. The molecule has 2 atom stereocenters. The van der Waals surface area contributed by atoms with Gasteiger partial charge in [-0.15, -0.1) is 0 Å². The lowest BCUT2D eigenvalue weighted by Gasteiger charge is -2.31. The summed E-state index contributed by atoms with van der Waals surface area (Å²) in [5, 5.41) is 3.54. The maximum absolute atomic E-state index is 6.14. The van der Waals surface area contributed by atoms with Crippen molar-refractivity contribution in [1.82, 2.24) is 5.32 Å². The van der Waals surface area contributed by atoms with Gasteiger partial charge >= 0.3 is 0 Å². The Labute approximate surface area is 114 Å². The molecule has 0 bridgehead atoms. The van der Waals surface area contributed by atoms with Gasteiger partial charge in [0.2, 0.25) is 0 Å². The van der Waals surface area contributed by atoms with E-state index in [9.17, 15) is 0 Å². The zero-order valence-corrected chi connectivity index (χ0v) is 13.1. The molecular weight excluding hydrogens is 222 g/mol. The van der Waals surface area contributed by atoms with Crippen LogP contribution in [0.2, 0.25) is 0 Å². The van der Waals surface area contributed by atoms with Crippen LogP contribution in [-0.2, 0) is 4.74 Å². The molecule has 0 spiro atoms. The minimum atomic E-state index is 0.246. The molecule has 18 heavy (non-hydrogen) atoms. The lowest BCUT2D eigenvalue weighted by atomic mass is 9.88. The van der Waals surface area contributed by atoms with E-state index in [-0.39, 0.29) is 5.41 Å². The Balaban J connectivity index is 2.19. The molecule has 0 aromatic rings. The van der Waals surface area contributed by atoms with E-state index in [0.29, 0.717) is 6.10 Å².